The highest BCUT2D eigenvalue weighted by Gasteiger charge is 2.37. The average Bonchev–Trinajstić information content (AvgIpc) is 2.64. The molecular weight excluding hydrogens is 122 g/mol. The van der Waals surface area contributed by atoms with Gasteiger partial charge in [-0.25, -0.2) is 0 Å². The lowest BCUT2D eigenvalue weighted by atomic mass is 10.1. The summed E-state index contributed by atoms with van der Waals surface area (Å²) < 4.78 is 0. The first kappa shape index (κ1) is 7.55. The Bertz CT molecular complexity index is 170. The molecule has 0 bridgehead atoms. The summed E-state index contributed by atoms with van der Waals surface area (Å²) in [5.41, 5.74) is 2.35. The van der Waals surface area contributed by atoms with Gasteiger partial charge in [0.25, 0.3) is 0 Å². The van der Waals surface area contributed by atoms with Gasteiger partial charge in [-0.05, 0) is 26.0 Å². The quantitative estimate of drug-likeness (QED) is 0.584. The summed E-state index contributed by atoms with van der Waals surface area (Å²) in [6, 6.07) is 0.671. The van der Waals surface area contributed by atoms with Crippen molar-refractivity contribution in [1.29, 1.82) is 0 Å². The van der Waals surface area contributed by atoms with E-state index in [0.29, 0.717) is 12.0 Å². The molecule has 1 rings (SSSR count). The Morgan fingerprint density at radius 3 is 2.40 bits per heavy atom. The standard InChI is InChI=1S/C9H15N/c1-6(2)7(3)8-5-9(8)10-4/h8-10H,1,3,5H2,2,4H3. The molecule has 1 N–H and O–H groups in total. The van der Waals surface area contributed by atoms with Crippen LogP contribution in [0.4, 0.5) is 0 Å². The molecule has 1 aliphatic carbocycles. The molecule has 0 radical (unpaired) electrons. The molecule has 0 saturated heterocycles. The Balaban J connectivity index is 2.40. The van der Waals surface area contributed by atoms with Gasteiger partial charge in [-0.3, -0.25) is 0 Å². The van der Waals surface area contributed by atoms with E-state index in [1.165, 1.54) is 12.0 Å². The van der Waals surface area contributed by atoms with Crippen LogP contribution in [0.5, 0.6) is 0 Å². The molecule has 0 amide bonds. The summed E-state index contributed by atoms with van der Waals surface area (Å²) in [7, 11) is 2.00. The van der Waals surface area contributed by atoms with Crippen LogP contribution >= 0.6 is 0 Å². The highest BCUT2D eigenvalue weighted by molar-refractivity contribution is 5.31. The number of allylic oxidation sites excluding steroid dienone is 1. The van der Waals surface area contributed by atoms with E-state index in [-0.39, 0.29) is 0 Å². The molecule has 1 heteroatoms. The fourth-order valence-electron chi connectivity index (χ4n) is 1.22. The minimum absolute atomic E-state index is 0.669. The van der Waals surface area contributed by atoms with Gasteiger partial charge < -0.3 is 5.32 Å². The molecule has 1 saturated carbocycles. The van der Waals surface area contributed by atoms with Gasteiger partial charge in [0.2, 0.25) is 0 Å². The van der Waals surface area contributed by atoms with E-state index in [1.54, 1.807) is 0 Å². The first-order valence-electron chi connectivity index (χ1n) is 3.68. The minimum atomic E-state index is 0.669. The summed E-state index contributed by atoms with van der Waals surface area (Å²) in [4.78, 5) is 0. The van der Waals surface area contributed by atoms with Gasteiger partial charge in [-0.1, -0.05) is 18.7 Å². The van der Waals surface area contributed by atoms with Crippen molar-refractivity contribution in [2.75, 3.05) is 7.05 Å². The zero-order valence-corrected chi connectivity index (χ0v) is 6.78. The molecule has 56 valence electrons. The largest absolute Gasteiger partial charge is 0.316 e. The van der Waals surface area contributed by atoms with E-state index in [9.17, 15) is 0 Å². The van der Waals surface area contributed by atoms with Gasteiger partial charge in [-0.2, -0.15) is 0 Å². The van der Waals surface area contributed by atoms with Crippen LogP contribution in [0.25, 0.3) is 0 Å². The average molecular weight is 137 g/mol. The number of rotatable bonds is 3. The van der Waals surface area contributed by atoms with Crippen LogP contribution in [0.15, 0.2) is 24.3 Å². The van der Waals surface area contributed by atoms with Gasteiger partial charge >= 0.3 is 0 Å². The monoisotopic (exact) mass is 137 g/mol. The van der Waals surface area contributed by atoms with Crippen molar-refractivity contribution in [2.24, 2.45) is 5.92 Å². The molecule has 1 aliphatic rings. The molecule has 0 heterocycles. The van der Waals surface area contributed by atoms with Crippen LogP contribution in [0.3, 0.4) is 0 Å². The fraction of sp³-hybridized carbons (Fsp3) is 0.556. The lowest BCUT2D eigenvalue weighted by molar-refractivity contribution is 0.762. The van der Waals surface area contributed by atoms with Crippen LogP contribution in [-0.4, -0.2) is 13.1 Å². The third-order valence-corrected chi connectivity index (χ3v) is 2.16. The summed E-state index contributed by atoms with van der Waals surface area (Å²) in [5.74, 6) is 0.669. The lowest BCUT2D eigenvalue weighted by Gasteiger charge is -2.01. The first-order valence-corrected chi connectivity index (χ1v) is 3.68. The molecule has 0 aliphatic heterocycles. The van der Waals surface area contributed by atoms with Crippen molar-refractivity contribution in [3.63, 3.8) is 0 Å². The van der Waals surface area contributed by atoms with Gasteiger partial charge in [0.1, 0.15) is 0 Å². The fourth-order valence-corrected chi connectivity index (χ4v) is 1.22. The van der Waals surface area contributed by atoms with Crippen LogP contribution in [-0.2, 0) is 0 Å². The Labute approximate surface area is 62.8 Å². The second-order valence-electron chi connectivity index (χ2n) is 3.04. The number of hydrogen-bond acceptors (Lipinski definition) is 1. The third-order valence-electron chi connectivity index (χ3n) is 2.16. The van der Waals surface area contributed by atoms with E-state index in [1.807, 2.05) is 14.0 Å². The van der Waals surface area contributed by atoms with Crippen molar-refractivity contribution >= 4 is 0 Å². The summed E-state index contributed by atoms with van der Waals surface area (Å²) in [5, 5.41) is 3.22. The predicted octanol–water partition coefficient (Wildman–Crippen LogP) is 1.73. The Kier molecular flexibility index (Phi) is 1.95. The van der Waals surface area contributed by atoms with Crippen LogP contribution in [0, 0.1) is 5.92 Å². The predicted molar refractivity (Wildman–Crippen MR) is 44.9 cm³/mol. The topological polar surface area (TPSA) is 12.0 Å². The Hall–Kier alpha value is -0.560. The lowest BCUT2D eigenvalue weighted by Crippen LogP contribution is -2.11. The Morgan fingerprint density at radius 1 is 1.50 bits per heavy atom. The third kappa shape index (κ3) is 1.29. The van der Waals surface area contributed by atoms with Crippen LogP contribution in [0.1, 0.15) is 13.3 Å². The second-order valence-corrected chi connectivity index (χ2v) is 3.04. The van der Waals surface area contributed by atoms with E-state index in [4.69, 9.17) is 0 Å². The second kappa shape index (κ2) is 2.59. The zero-order valence-electron chi connectivity index (χ0n) is 6.78. The molecular formula is C9H15N. The van der Waals surface area contributed by atoms with Gasteiger partial charge in [0.15, 0.2) is 0 Å². The van der Waals surface area contributed by atoms with Crippen molar-refractivity contribution in [1.82, 2.24) is 5.32 Å². The summed E-state index contributed by atoms with van der Waals surface area (Å²) in [6.07, 6.45) is 1.24. The van der Waals surface area contributed by atoms with Crippen molar-refractivity contribution in [2.45, 2.75) is 19.4 Å². The summed E-state index contributed by atoms with van der Waals surface area (Å²) >= 11 is 0. The van der Waals surface area contributed by atoms with Gasteiger partial charge in [-0.15, -0.1) is 0 Å². The van der Waals surface area contributed by atoms with E-state index in [0.717, 1.165) is 5.57 Å². The first-order chi connectivity index (χ1) is 4.66. The van der Waals surface area contributed by atoms with E-state index in [2.05, 4.69) is 18.5 Å². The molecule has 1 nitrogen and oxygen atoms in total. The highest BCUT2D eigenvalue weighted by atomic mass is 14.9. The normalized spacial score (nSPS) is 29.8. The molecule has 0 spiro atoms. The molecule has 1 fully saturated rings. The van der Waals surface area contributed by atoms with Gasteiger partial charge in [0.05, 0.1) is 0 Å². The van der Waals surface area contributed by atoms with E-state index < -0.39 is 0 Å². The number of nitrogens with one attached hydrogen (secondary N) is 1. The smallest absolute Gasteiger partial charge is 0.0140 e. The van der Waals surface area contributed by atoms with Crippen molar-refractivity contribution in [3.8, 4) is 0 Å². The molecule has 2 unspecified atom stereocenters. The van der Waals surface area contributed by atoms with Crippen molar-refractivity contribution in [3.05, 3.63) is 24.3 Å². The SMILES string of the molecule is C=C(C)C(=C)C1CC1NC. The molecule has 10 heavy (non-hydrogen) atoms. The highest BCUT2D eigenvalue weighted by Crippen LogP contribution is 2.38. The van der Waals surface area contributed by atoms with E-state index >= 15 is 0 Å². The zero-order chi connectivity index (χ0) is 7.72. The molecule has 0 aromatic heterocycles. The minimum Gasteiger partial charge on any atom is -0.316 e. The maximum atomic E-state index is 3.97. The maximum absolute atomic E-state index is 3.97. The summed E-state index contributed by atoms with van der Waals surface area (Å²) in [6.45, 7) is 9.85. The molecule has 0 aromatic carbocycles. The maximum Gasteiger partial charge on any atom is 0.0140 e. The molecule has 0 aromatic rings. The van der Waals surface area contributed by atoms with Crippen LogP contribution < -0.4 is 5.32 Å². The number of hydrogen-bond donors (Lipinski definition) is 1. The molecule has 2 atom stereocenters. The Morgan fingerprint density at radius 2 is 2.10 bits per heavy atom. The van der Waals surface area contributed by atoms with Crippen LogP contribution in [0.2, 0.25) is 0 Å². The van der Waals surface area contributed by atoms with Gasteiger partial charge in [0, 0.05) is 12.0 Å². The van der Waals surface area contributed by atoms with Crippen molar-refractivity contribution < 1.29 is 0 Å².